The monoisotopic (exact) mass is 214 g/mol. The maximum Gasteiger partial charge on any atom is 0.140 e. The van der Waals surface area contributed by atoms with Crippen LogP contribution in [0.3, 0.4) is 0 Å². The van der Waals surface area contributed by atoms with Crippen LogP contribution in [0.25, 0.3) is 0 Å². The van der Waals surface area contributed by atoms with Crippen molar-refractivity contribution in [1.82, 2.24) is 0 Å². The van der Waals surface area contributed by atoms with E-state index in [1.165, 1.54) is 0 Å². The van der Waals surface area contributed by atoms with E-state index in [1.54, 1.807) is 6.07 Å². The van der Waals surface area contributed by atoms with Gasteiger partial charge in [0.25, 0.3) is 0 Å². The molecule has 82 valence electrons. The van der Waals surface area contributed by atoms with Crippen molar-refractivity contribution in [1.29, 1.82) is 5.26 Å². The molecule has 0 radical (unpaired) electrons. The van der Waals surface area contributed by atoms with Gasteiger partial charge in [0.1, 0.15) is 5.60 Å². The van der Waals surface area contributed by atoms with E-state index in [2.05, 4.69) is 25.1 Å². The lowest BCUT2D eigenvalue weighted by Crippen LogP contribution is -2.23. The molecule has 0 saturated carbocycles. The summed E-state index contributed by atoms with van der Waals surface area (Å²) >= 11 is 0. The molecule has 0 spiro atoms. The van der Waals surface area contributed by atoms with Crippen LogP contribution in [0.1, 0.15) is 37.8 Å². The Morgan fingerprint density at radius 1 is 1.56 bits per heavy atom. The van der Waals surface area contributed by atoms with Gasteiger partial charge in [-0.1, -0.05) is 24.2 Å². The second-order valence-corrected chi connectivity index (χ2v) is 4.30. The zero-order valence-electron chi connectivity index (χ0n) is 9.53. The number of oxime groups is 1. The Morgan fingerprint density at radius 3 is 3.00 bits per heavy atom. The molecule has 0 fully saturated rings. The molecule has 3 nitrogen and oxygen atoms in total. The van der Waals surface area contributed by atoms with E-state index >= 15 is 0 Å². The molecule has 2 rings (SSSR count). The summed E-state index contributed by atoms with van der Waals surface area (Å²) in [5, 5.41) is 12.9. The van der Waals surface area contributed by atoms with Gasteiger partial charge in [-0.25, -0.2) is 0 Å². The molecule has 0 aromatic heterocycles. The third-order valence-corrected chi connectivity index (χ3v) is 2.99. The zero-order valence-corrected chi connectivity index (χ0v) is 9.53. The van der Waals surface area contributed by atoms with Crippen LogP contribution in [0.2, 0.25) is 0 Å². The highest BCUT2D eigenvalue weighted by atomic mass is 16.7. The van der Waals surface area contributed by atoms with Gasteiger partial charge in [-0.15, -0.1) is 0 Å². The molecular weight excluding hydrogens is 200 g/mol. The van der Waals surface area contributed by atoms with E-state index in [9.17, 15) is 0 Å². The van der Waals surface area contributed by atoms with Crippen molar-refractivity contribution in [2.75, 3.05) is 0 Å². The third kappa shape index (κ3) is 1.92. The van der Waals surface area contributed by atoms with Crippen molar-refractivity contribution in [2.45, 2.75) is 32.3 Å². The summed E-state index contributed by atoms with van der Waals surface area (Å²) in [7, 11) is 0. The highest BCUT2D eigenvalue weighted by Crippen LogP contribution is 2.29. The van der Waals surface area contributed by atoms with Crippen LogP contribution >= 0.6 is 0 Å². The Balaban J connectivity index is 2.24. The number of rotatable bonds is 2. The lowest BCUT2D eigenvalue weighted by Gasteiger charge is -2.18. The van der Waals surface area contributed by atoms with E-state index in [0.717, 1.165) is 24.1 Å². The predicted octanol–water partition coefficient (Wildman–Crippen LogP) is 2.85. The largest absolute Gasteiger partial charge is 0.389 e. The fourth-order valence-electron chi connectivity index (χ4n) is 1.70. The summed E-state index contributed by atoms with van der Waals surface area (Å²) in [6, 6.07) is 9.61. The Kier molecular flexibility index (Phi) is 2.66. The van der Waals surface area contributed by atoms with Gasteiger partial charge in [-0.3, -0.25) is 0 Å². The maximum atomic E-state index is 8.83. The number of benzene rings is 1. The second-order valence-electron chi connectivity index (χ2n) is 4.30. The van der Waals surface area contributed by atoms with E-state index in [1.807, 2.05) is 18.2 Å². The topological polar surface area (TPSA) is 45.4 Å². The van der Waals surface area contributed by atoms with Crippen LogP contribution in [0.4, 0.5) is 0 Å². The van der Waals surface area contributed by atoms with Crippen molar-refractivity contribution in [3.8, 4) is 6.07 Å². The summed E-state index contributed by atoms with van der Waals surface area (Å²) in [5.74, 6) is 0. The minimum atomic E-state index is -0.183. The fourth-order valence-corrected chi connectivity index (χ4v) is 1.70. The Labute approximate surface area is 95.3 Å². The molecule has 1 heterocycles. The first-order chi connectivity index (χ1) is 7.67. The first kappa shape index (κ1) is 10.7. The molecule has 16 heavy (non-hydrogen) atoms. The van der Waals surface area contributed by atoms with Crippen LogP contribution in [-0.4, -0.2) is 11.3 Å². The molecule has 0 saturated heterocycles. The first-order valence-corrected chi connectivity index (χ1v) is 5.42. The normalized spacial score (nSPS) is 23.4. The minimum absolute atomic E-state index is 0.183. The van der Waals surface area contributed by atoms with Crippen LogP contribution in [-0.2, 0) is 4.84 Å². The van der Waals surface area contributed by atoms with E-state index < -0.39 is 0 Å². The molecular formula is C13H14N2O. The van der Waals surface area contributed by atoms with Crippen molar-refractivity contribution >= 4 is 5.71 Å². The lowest BCUT2D eigenvalue weighted by molar-refractivity contribution is -0.00605. The summed E-state index contributed by atoms with van der Waals surface area (Å²) in [5.41, 5.74) is 2.39. The molecule has 0 aliphatic carbocycles. The number of hydrogen-bond donors (Lipinski definition) is 0. The standard InChI is InChI=1S/C13H14N2O/c1-3-13(2)8-12(15-16-13)11-6-4-5-10(7-11)9-14/h4-7H,3,8H2,1-2H3. The van der Waals surface area contributed by atoms with Gasteiger partial charge in [0, 0.05) is 12.0 Å². The average molecular weight is 214 g/mol. The highest BCUT2D eigenvalue weighted by Gasteiger charge is 2.32. The molecule has 1 aromatic rings. The molecule has 0 N–H and O–H groups in total. The highest BCUT2D eigenvalue weighted by molar-refractivity contribution is 6.01. The quantitative estimate of drug-likeness (QED) is 0.759. The lowest BCUT2D eigenvalue weighted by atomic mass is 9.93. The van der Waals surface area contributed by atoms with E-state index in [0.29, 0.717) is 5.56 Å². The van der Waals surface area contributed by atoms with Gasteiger partial charge in [0.05, 0.1) is 17.3 Å². The molecule has 0 amide bonds. The predicted molar refractivity (Wildman–Crippen MR) is 62.1 cm³/mol. The van der Waals surface area contributed by atoms with Crippen molar-refractivity contribution < 1.29 is 4.84 Å². The second kappa shape index (κ2) is 3.97. The zero-order chi connectivity index (χ0) is 11.6. The summed E-state index contributed by atoms with van der Waals surface area (Å²) in [6.07, 6.45) is 1.73. The number of nitrogens with zero attached hydrogens (tertiary/aromatic N) is 2. The number of nitriles is 1. The Bertz CT molecular complexity index is 473. The van der Waals surface area contributed by atoms with Gasteiger partial charge in [-0.2, -0.15) is 5.26 Å². The molecule has 1 atom stereocenters. The van der Waals surface area contributed by atoms with Crippen molar-refractivity contribution in [2.24, 2.45) is 5.16 Å². The van der Waals surface area contributed by atoms with Gasteiger partial charge in [0.15, 0.2) is 0 Å². The van der Waals surface area contributed by atoms with E-state index in [-0.39, 0.29) is 5.60 Å². The van der Waals surface area contributed by atoms with Gasteiger partial charge in [0.2, 0.25) is 0 Å². The molecule has 1 aliphatic rings. The minimum Gasteiger partial charge on any atom is -0.389 e. The van der Waals surface area contributed by atoms with Crippen LogP contribution in [0.5, 0.6) is 0 Å². The third-order valence-electron chi connectivity index (χ3n) is 2.99. The first-order valence-electron chi connectivity index (χ1n) is 5.42. The molecule has 1 unspecified atom stereocenters. The molecule has 1 aromatic carbocycles. The smallest absolute Gasteiger partial charge is 0.140 e. The van der Waals surface area contributed by atoms with Crippen LogP contribution in [0.15, 0.2) is 29.4 Å². The Hall–Kier alpha value is -1.82. The summed E-state index contributed by atoms with van der Waals surface area (Å²) in [4.78, 5) is 5.44. The Morgan fingerprint density at radius 2 is 2.38 bits per heavy atom. The van der Waals surface area contributed by atoms with Crippen molar-refractivity contribution in [3.63, 3.8) is 0 Å². The van der Waals surface area contributed by atoms with Crippen molar-refractivity contribution in [3.05, 3.63) is 35.4 Å². The molecule has 3 heteroatoms. The van der Waals surface area contributed by atoms with Gasteiger partial charge in [-0.05, 0) is 25.5 Å². The maximum absolute atomic E-state index is 8.83. The van der Waals surface area contributed by atoms with E-state index in [4.69, 9.17) is 10.1 Å². The van der Waals surface area contributed by atoms with Gasteiger partial charge < -0.3 is 4.84 Å². The SMILES string of the molecule is CCC1(C)CC(c2cccc(C#N)c2)=NO1. The van der Waals surface area contributed by atoms with Crippen LogP contribution in [0, 0.1) is 11.3 Å². The number of hydrogen-bond acceptors (Lipinski definition) is 3. The summed E-state index contributed by atoms with van der Waals surface area (Å²) < 4.78 is 0. The summed E-state index contributed by atoms with van der Waals surface area (Å²) in [6.45, 7) is 4.14. The molecule has 1 aliphatic heterocycles. The molecule has 0 bridgehead atoms. The fraction of sp³-hybridized carbons (Fsp3) is 0.385. The average Bonchev–Trinajstić information content (AvgIpc) is 2.73. The van der Waals surface area contributed by atoms with Gasteiger partial charge >= 0.3 is 0 Å². The van der Waals surface area contributed by atoms with Crippen LogP contribution < -0.4 is 0 Å².